The predicted molar refractivity (Wildman–Crippen MR) is 160 cm³/mol. The largest absolute Gasteiger partial charge is 0.505 e. The molecular formula is C26H28N2OS6. The summed E-state index contributed by atoms with van der Waals surface area (Å²) in [5.74, 6) is 2.54. The van der Waals surface area contributed by atoms with Crippen LogP contribution in [0.2, 0.25) is 0 Å². The van der Waals surface area contributed by atoms with Gasteiger partial charge in [-0.25, -0.2) is 4.98 Å². The molecule has 0 atom stereocenters. The zero-order chi connectivity index (χ0) is 24.6. The highest BCUT2D eigenvalue weighted by atomic mass is 32.3. The zero-order valence-electron chi connectivity index (χ0n) is 19.8. The smallest absolute Gasteiger partial charge is 0.149 e. The maximum Gasteiger partial charge on any atom is 0.149 e. The van der Waals surface area contributed by atoms with Crippen molar-refractivity contribution in [1.29, 1.82) is 5.26 Å². The number of hydrogen-bond acceptors (Lipinski definition) is 9. The average Bonchev–Trinajstić information content (AvgIpc) is 3.58. The van der Waals surface area contributed by atoms with E-state index < -0.39 is 0 Å². The van der Waals surface area contributed by atoms with Gasteiger partial charge in [-0.1, -0.05) is 63.1 Å². The van der Waals surface area contributed by atoms with Crippen LogP contribution < -0.4 is 9.20 Å². The molecule has 4 rings (SSSR count). The first-order valence-corrected chi connectivity index (χ1v) is 17.1. The van der Waals surface area contributed by atoms with Crippen LogP contribution in [0.5, 0.6) is 0 Å². The maximum atomic E-state index is 10.9. The van der Waals surface area contributed by atoms with E-state index in [1.54, 1.807) is 46.9 Å². The second-order valence-electron chi connectivity index (χ2n) is 8.01. The van der Waals surface area contributed by atoms with Crippen LogP contribution in [0.15, 0.2) is 38.9 Å². The van der Waals surface area contributed by atoms with Gasteiger partial charge in [0.2, 0.25) is 0 Å². The molecule has 184 valence electrons. The number of nitrogens with zero attached hydrogens (tertiary/aromatic N) is 2. The molecule has 0 amide bonds. The van der Waals surface area contributed by atoms with Gasteiger partial charge in [0, 0.05) is 11.8 Å². The molecule has 0 aliphatic carbocycles. The highest BCUT2D eigenvalue weighted by Crippen LogP contribution is 2.58. The van der Waals surface area contributed by atoms with Gasteiger partial charge >= 0.3 is 0 Å². The van der Waals surface area contributed by atoms with Crippen LogP contribution in [0.1, 0.15) is 63.5 Å². The standard InChI is InChI=1S/C26H28N2OS6/c1-3-5-7-13-30-23-24(31-14-8-6-4-2)35-26(34-23)25-32-19-16-28-20(22(19)33-25)21(29)18-11-9-17(15-27)10-12-18/h9-12,16,29H,3-8,13-14H2,1-2H3/b21-20+. The lowest BCUT2D eigenvalue weighted by molar-refractivity contribution is 0.505. The number of unbranched alkanes of at least 4 members (excludes halogenated alkanes) is 4. The number of benzene rings is 1. The van der Waals surface area contributed by atoms with E-state index in [1.807, 2.05) is 53.2 Å². The molecule has 0 saturated carbocycles. The summed E-state index contributed by atoms with van der Waals surface area (Å²) in [6, 6.07) is 9.12. The third-order valence-electron chi connectivity index (χ3n) is 5.33. The molecule has 0 unspecified atom stereocenters. The van der Waals surface area contributed by atoms with E-state index in [1.165, 1.54) is 66.6 Å². The number of rotatable bonds is 11. The first kappa shape index (κ1) is 27.0. The van der Waals surface area contributed by atoms with Crippen LogP contribution >= 0.6 is 69.7 Å². The maximum absolute atomic E-state index is 10.9. The Morgan fingerprint density at radius 2 is 1.57 bits per heavy atom. The van der Waals surface area contributed by atoms with Crippen molar-refractivity contribution in [1.82, 2.24) is 4.98 Å². The summed E-state index contributed by atoms with van der Waals surface area (Å²) in [5, 5.41) is 20.6. The third-order valence-corrected chi connectivity index (χ3v) is 14.1. The van der Waals surface area contributed by atoms with Crippen LogP contribution in [-0.2, 0) is 0 Å². The van der Waals surface area contributed by atoms with E-state index in [0.717, 1.165) is 9.06 Å². The molecule has 0 saturated heterocycles. The molecule has 1 N–H and O–H groups in total. The van der Waals surface area contributed by atoms with E-state index in [4.69, 9.17) is 5.26 Å². The van der Waals surface area contributed by atoms with E-state index in [0.29, 0.717) is 16.5 Å². The minimum atomic E-state index is 0.166. The quantitative estimate of drug-likeness (QED) is 0.232. The van der Waals surface area contributed by atoms with Gasteiger partial charge < -0.3 is 5.11 Å². The van der Waals surface area contributed by atoms with Crippen molar-refractivity contribution in [3.05, 3.63) is 68.3 Å². The minimum Gasteiger partial charge on any atom is -0.505 e. The van der Waals surface area contributed by atoms with Gasteiger partial charge in [-0.15, -0.1) is 46.2 Å². The Hall–Kier alpha value is -1.02. The van der Waals surface area contributed by atoms with E-state index in [9.17, 15) is 5.11 Å². The van der Waals surface area contributed by atoms with Crippen molar-refractivity contribution in [3.63, 3.8) is 0 Å². The molecule has 1 aromatic carbocycles. The van der Waals surface area contributed by atoms with Crippen LogP contribution in [0.25, 0.3) is 10.00 Å². The lowest BCUT2D eigenvalue weighted by Crippen LogP contribution is -2.09. The van der Waals surface area contributed by atoms with Crippen molar-refractivity contribution >= 4 is 79.7 Å². The fourth-order valence-electron chi connectivity index (χ4n) is 3.40. The molecular weight excluding hydrogens is 549 g/mol. The second-order valence-corrected chi connectivity index (χ2v) is 15.4. The SMILES string of the molecule is CCCCCSC1=C(SCCCCC)SC(=c2sc3cn/c(=C(/O)c4ccc(C#N)cc4)c=3s2)S1. The van der Waals surface area contributed by atoms with Crippen molar-refractivity contribution in [2.45, 2.75) is 52.4 Å². The number of aromatic nitrogens is 1. The summed E-state index contributed by atoms with van der Waals surface area (Å²) in [6.07, 6.45) is 9.52. The van der Waals surface area contributed by atoms with E-state index >= 15 is 0 Å². The van der Waals surface area contributed by atoms with Crippen molar-refractivity contribution in [2.75, 3.05) is 11.5 Å². The van der Waals surface area contributed by atoms with Crippen LogP contribution in [0, 0.1) is 20.4 Å². The first-order valence-electron chi connectivity index (χ1n) is 11.8. The Morgan fingerprint density at radius 3 is 2.14 bits per heavy atom. The number of nitriles is 1. The summed E-state index contributed by atoms with van der Waals surface area (Å²) < 4.78 is 7.71. The fourth-order valence-corrected chi connectivity index (χ4v) is 12.2. The number of hydrogen-bond donors (Lipinski definition) is 1. The van der Waals surface area contributed by atoms with Gasteiger partial charge in [-0.2, -0.15) is 5.26 Å². The van der Waals surface area contributed by atoms with Crippen LogP contribution in [0.4, 0.5) is 0 Å². The molecule has 3 aliphatic heterocycles. The monoisotopic (exact) mass is 576 g/mol. The van der Waals surface area contributed by atoms with Crippen LogP contribution in [0.3, 0.4) is 0 Å². The normalized spacial score (nSPS) is 14.7. The van der Waals surface area contributed by atoms with Gasteiger partial charge in [-0.3, -0.25) is 0 Å². The molecule has 1 aromatic rings. The van der Waals surface area contributed by atoms with Crippen molar-refractivity contribution in [2.24, 2.45) is 0 Å². The number of aliphatic hydroxyl groups is 1. The molecule has 0 aromatic heterocycles. The van der Waals surface area contributed by atoms with Gasteiger partial charge in [0.15, 0.2) is 0 Å². The highest BCUT2D eigenvalue weighted by molar-refractivity contribution is 8.45. The molecule has 9 heteroatoms. The van der Waals surface area contributed by atoms with Gasteiger partial charge in [0.05, 0.1) is 33.4 Å². The summed E-state index contributed by atoms with van der Waals surface area (Å²) in [4.78, 5) is 4.52. The molecule has 0 spiro atoms. The van der Waals surface area contributed by atoms with Crippen LogP contribution in [-0.4, -0.2) is 21.6 Å². The number of thioether (sulfide) groups is 4. The predicted octanol–water partition coefficient (Wildman–Crippen LogP) is 8.03. The topological polar surface area (TPSA) is 56.9 Å². The van der Waals surface area contributed by atoms with Gasteiger partial charge in [0.25, 0.3) is 0 Å². The molecule has 3 nitrogen and oxygen atoms in total. The van der Waals surface area contributed by atoms with E-state index in [-0.39, 0.29) is 5.76 Å². The lowest BCUT2D eigenvalue weighted by Gasteiger charge is -2.04. The Kier molecular flexibility index (Phi) is 10.4. The Labute approximate surface area is 231 Å². The Balaban J connectivity index is 1.62. The van der Waals surface area contributed by atoms with Gasteiger partial charge in [-0.05, 0) is 48.6 Å². The Bertz CT molecular complexity index is 1370. The fraction of sp³-hybridized carbons (Fsp3) is 0.385. The van der Waals surface area contributed by atoms with Crippen molar-refractivity contribution in [3.8, 4) is 6.07 Å². The molecule has 3 aliphatic rings. The van der Waals surface area contributed by atoms with Crippen molar-refractivity contribution < 1.29 is 5.11 Å². The zero-order valence-corrected chi connectivity index (χ0v) is 24.7. The third kappa shape index (κ3) is 6.85. The summed E-state index contributed by atoms with van der Waals surface area (Å²) in [6.45, 7) is 4.51. The summed E-state index contributed by atoms with van der Waals surface area (Å²) >= 11 is 11.4. The molecule has 0 bridgehead atoms. The summed E-state index contributed by atoms with van der Waals surface area (Å²) in [7, 11) is 0. The first-order chi connectivity index (χ1) is 17.1. The van der Waals surface area contributed by atoms with Gasteiger partial charge in [0.1, 0.15) is 15.0 Å². The second kappa shape index (κ2) is 13.5. The van der Waals surface area contributed by atoms with E-state index in [2.05, 4.69) is 24.9 Å². The molecule has 35 heavy (non-hydrogen) atoms. The Morgan fingerprint density at radius 1 is 0.943 bits per heavy atom. The average molecular weight is 577 g/mol. The number of aliphatic hydroxyl groups excluding tert-OH is 1. The lowest BCUT2D eigenvalue weighted by atomic mass is 10.1. The highest BCUT2D eigenvalue weighted by Gasteiger charge is 2.23. The molecule has 0 fully saturated rings. The molecule has 3 heterocycles. The minimum absolute atomic E-state index is 0.166. The summed E-state index contributed by atoms with van der Waals surface area (Å²) in [5.41, 5.74) is 1.26. The molecule has 0 radical (unpaired) electrons.